The number of rotatable bonds is 5. The predicted octanol–water partition coefficient (Wildman–Crippen LogP) is 2.09. The van der Waals surface area contributed by atoms with E-state index in [1.165, 1.54) is 24.3 Å². The molecule has 1 atom stereocenters. The lowest BCUT2D eigenvalue weighted by Gasteiger charge is -2.24. The van der Waals surface area contributed by atoms with E-state index in [2.05, 4.69) is 0 Å². The number of esters is 2. The summed E-state index contributed by atoms with van der Waals surface area (Å²) in [4.78, 5) is 23.5. The highest BCUT2D eigenvalue weighted by atomic mass is 19.1. The Kier molecular flexibility index (Phi) is 5.15. The second-order valence-corrected chi connectivity index (χ2v) is 5.89. The number of benzene rings is 1. The van der Waals surface area contributed by atoms with Gasteiger partial charge in [0.1, 0.15) is 12.4 Å². The molecule has 1 saturated heterocycles. The van der Waals surface area contributed by atoms with Crippen LogP contribution >= 0.6 is 0 Å². The topological polar surface area (TPSA) is 72.8 Å². The van der Waals surface area contributed by atoms with Crippen molar-refractivity contribution < 1.29 is 28.6 Å². The van der Waals surface area contributed by atoms with E-state index < -0.39 is 24.1 Å². The molecule has 23 heavy (non-hydrogen) atoms. The normalized spacial score (nSPS) is 22.5. The average Bonchev–Trinajstić information content (AvgIpc) is 2.84. The maximum atomic E-state index is 12.9. The number of carbonyl (C=O) groups is 2. The molecule has 1 aliphatic heterocycles. The number of aliphatic hydroxyl groups is 1. The summed E-state index contributed by atoms with van der Waals surface area (Å²) < 4.78 is 23.2. The number of cyclic esters (lactones) is 1. The van der Waals surface area contributed by atoms with Crippen LogP contribution in [-0.2, 0) is 19.1 Å². The van der Waals surface area contributed by atoms with Crippen LogP contribution in [0.5, 0.6) is 0 Å². The summed E-state index contributed by atoms with van der Waals surface area (Å²) >= 11 is 0. The van der Waals surface area contributed by atoms with Crippen molar-refractivity contribution >= 4 is 18.0 Å². The number of hydrogen-bond donors (Lipinski definition) is 1. The molecule has 0 spiro atoms. The molecule has 1 aromatic rings. The largest absolute Gasteiger partial charge is 0.461 e. The van der Waals surface area contributed by atoms with Crippen molar-refractivity contribution in [2.24, 2.45) is 5.92 Å². The lowest BCUT2D eigenvalue weighted by Crippen LogP contribution is -2.39. The third-order valence-corrected chi connectivity index (χ3v) is 3.53. The minimum atomic E-state index is -1.26. The van der Waals surface area contributed by atoms with Gasteiger partial charge in [0, 0.05) is 12.0 Å². The molecule has 0 bridgehead atoms. The third-order valence-electron chi connectivity index (χ3n) is 3.53. The molecule has 6 heteroatoms. The van der Waals surface area contributed by atoms with E-state index >= 15 is 0 Å². The predicted molar refractivity (Wildman–Crippen MR) is 80.7 cm³/mol. The van der Waals surface area contributed by atoms with Crippen LogP contribution < -0.4 is 0 Å². The first-order valence-electron chi connectivity index (χ1n) is 7.32. The summed E-state index contributed by atoms with van der Waals surface area (Å²) in [6.45, 7) is 2.72. The maximum absolute atomic E-state index is 12.9. The Hall–Kier alpha value is -2.21. The van der Waals surface area contributed by atoms with Gasteiger partial charge in [-0.3, -0.25) is 4.79 Å². The molecule has 0 radical (unpaired) electrons. The zero-order chi connectivity index (χ0) is 17.0. The zero-order valence-corrected chi connectivity index (χ0v) is 13.0. The monoisotopic (exact) mass is 322 g/mol. The van der Waals surface area contributed by atoms with Gasteiger partial charge in [0.2, 0.25) is 0 Å². The van der Waals surface area contributed by atoms with E-state index in [0.717, 1.165) is 0 Å². The molecule has 1 fully saturated rings. The number of hydrogen-bond acceptors (Lipinski definition) is 5. The fourth-order valence-electron chi connectivity index (χ4n) is 2.17. The Morgan fingerprint density at radius 2 is 2.09 bits per heavy atom. The first-order chi connectivity index (χ1) is 10.8. The van der Waals surface area contributed by atoms with Gasteiger partial charge < -0.3 is 14.6 Å². The highest BCUT2D eigenvalue weighted by Crippen LogP contribution is 2.32. The van der Waals surface area contributed by atoms with Crippen LogP contribution in [0.1, 0.15) is 25.8 Å². The van der Waals surface area contributed by atoms with Gasteiger partial charge in [-0.1, -0.05) is 26.0 Å². The molecular weight excluding hydrogens is 303 g/mol. The lowest BCUT2D eigenvalue weighted by atomic mass is 9.98. The molecule has 0 amide bonds. The van der Waals surface area contributed by atoms with E-state index in [-0.39, 0.29) is 24.8 Å². The summed E-state index contributed by atoms with van der Waals surface area (Å²) in [6.07, 6.45) is 1.69. The van der Waals surface area contributed by atoms with Gasteiger partial charge in [-0.2, -0.15) is 0 Å². The van der Waals surface area contributed by atoms with Crippen molar-refractivity contribution in [1.29, 1.82) is 0 Å². The van der Waals surface area contributed by atoms with Crippen LogP contribution in [0, 0.1) is 11.7 Å². The van der Waals surface area contributed by atoms with Gasteiger partial charge in [-0.05, 0) is 23.8 Å². The van der Waals surface area contributed by atoms with Crippen molar-refractivity contribution in [2.75, 3.05) is 13.2 Å². The van der Waals surface area contributed by atoms with Crippen LogP contribution in [0.2, 0.25) is 0 Å². The summed E-state index contributed by atoms with van der Waals surface area (Å²) in [7, 11) is 0. The SMILES string of the molecule is CC(C)C(=O)OCC1(CO)C/C(=C/c2ccc(F)cc2)C(=O)O1. The highest BCUT2D eigenvalue weighted by Gasteiger charge is 2.44. The Morgan fingerprint density at radius 3 is 2.65 bits per heavy atom. The molecule has 0 saturated carbocycles. The smallest absolute Gasteiger partial charge is 0.334 e. The van der Waals surface area contributed by atoms with Crippen LogP contribution in [0.25, 0.3) is 6.08 Å². The van der Waals surface area contributed by atoms with E-state index in [1.54, 1.807) is 19.9 Å². The second-order valence-electron chi connectivity index (χ2n) is 5.89. The Morgan fingerprint density at radius 1 is 1.43 bits per heavy atom. The van der Waals surface area contributed by atoms with E-state index in [4.69, 9.17) is 9.47 Å². The lowest BCUT2D eigenvalue weighted by molar-refractivity contribution is -0.168. The fourth-order valence-corrected chi connectivity index (χ4v) is 2.17. The summed E-state index contributed by atoms with van der Waals surface area (Å²) in [6, 6.07) is 5.65. The number of carbonyl (C=O) groups excluding carboxylic acids is 2. The van der Waals surface area contributed by atoms with Crippen molar-refractivity contribution in [3.05, 3.63) is 41.2 Å². The molecule has 124 valence electrons. The van der Waals surface area contributed by atoms with Gasteiger partial charge in [-0.15, -0.1) is 0 Å². The maximum Gasteiger partial charge on any atom is 0.334 e. The molecule has 5 nitrogen and oxygen atoms in total. The Bertz CT molecular complexity index is 620. The second kappa shape index (κ2) is 6.91. The van der Waals surface area contributed by atoms with Crippen molar-refractivity contribution in [3.63, 3.8) is 0 Å². The third kappa shape index (κ3) is 4.16. The summed E-state index contributed by atoms with van der Waals surface area (Å²) in [5.74, 6) is -1.68. The Balaban J connectivity index is 2.12. The summed E-state index contributed by atoms with van der Waals surface area (Å²) in [5.41, 5.74) is -0.273. The number of halogens is 1. The van der Waals surface area contributed by atoms with Gasteiger partial charge in [-0.25, -0.2) is 9.18 Å². The molecule has 0 aliphatic carbocycles. The first-order valence-corrected chi connectivity index (χ1v) is 7.32. The summed E-state index contributed by atoms with van der Waals surface area (Å²) in [5, 5.41) is 9.56. The molecule has 1 heterocycles. The van der Waals surface area contributed by atoms with Crippen LogP contribution in [-0.4, -0.2) is 35.9 Å². The molecule has 0 aromatic heterocycles. The fraction of sp³-hybridized carbons (Fsp3) is 0.412. The van der Waals surface area contributed by atoms with Gasteiger partial charge >= 0.3 is 11.9 Å². The molecular formula is C17H19FO5. The first kappa shape index (κ1) is 17.1. The van der Waals surface area contributed by atoms with Crippen LogP contribution in [0.3, 0.4) is 0 Å². The molecule has 1 N–H and O–H groups in total. The van der Waals surface area contributed by atoms with E-state index in [1.807, 2.05) is 0 Å². The van der Waals surface area contributed by atoms with Gasteiger partial charge in [0.15, 0.2) is 5.60 Å². The van der Waals surface area contributed by atoms with Crippen LogP contribution in [0.4, 0.5) is 4.39 Å². The van der Waals surface area contributed by atoms with Crippen molar-refractivity contribution in [2.45, 2.75) is 25.9 Å². The zero-order valence-electron chi connectivity index (χ0n) is 13.0. The van der Waals surface area contributed by atoms with Gasteiger partial charge in [0.25, 0.3) is 0 Å². The minimum absolute atomic E-state index is 0.116. The quantitative estimate of drug-likeness (QED) is 0.664. The molecule has 1 aromatic carbocycles. The van der Waals surface area contributed by atoms with Gasteiger partial charge in [0.05, 0.1) is 12.5 Å². The number of aliphatic hydroxyl groups excluding tert-OH is 1. The molecule has 1 unspecified atom stereocenters. The molecule has 2 rings (SSSR count). The van der Waals surface area contributed by atoms with E-state index in [0.29, 0.717) is 11.1 Å². The standard InChI is InChI=1S/C17H19FO5/c1-11(2)15(20)22-10-17(9-19)8-13(16(21)23-17)7-12-3-5-14(18)6-4-12/h3-7,11,19H,8-10H2,1-2H3/b13-7-. The van der Waals surface area contributed by atoms with Crippen LogP contribution in [0.15, 0.2) is 29.8 Å². The Labute approximate surface area is 133 Å². The highest BCUT2D eigenvalue weighted by molar-refractivity contribution is 5.96. The van der Waals surface area contributed by atoms with Crippen molar-refractivity contribution in [3.8, 4) is 0 Å². The van der Waals surface area contributed by atoms with Crippen molar-refractivity contribution in [1.82, 2.24) is 0 Å². The molecule has 1 aliphatic rings. The number of ether oxygens (including phenoxy) is 2. The minimum Gasteiger partial charge on any atom is -0.461 e. The van der Waals surface area contributed by atoms with E-state index in [9.17, 15) is 19.1 Å². The average molecular weight is 322 g/mol.